The summed E-state index contributed by atoms with van der Waals surface area (Å²) in [6, 6.07) is 14.2. The van der Waals surface area contributed by atoms with Crippen molar-refractivity contribution in [3.05, 3.63) is 53.1 Å². The average Bonchev–Trinajstić information content (AvgIpc) is 2.78. The minimum atomic E-state index is 0.601. The van der Waals surface area contributed by atoms with E-state index in [1.807, 2.05) is 31.2 Å². The van der Waals surface area contributed by atoms with Gasteiger partial charge in [-0.1, -0.05) is 41.6 Å². The molecule has 0 bridgehead atoms. The lowest BCUT2D eigenvalue weighted by Crippen LogP contribution is -1.89. The Hall–Kier alpha value is -1.58. The molecule has 0 saturated heterocycles. The third-order valence-electron chi connectivity index (χ3n) is 3.02. The number of aromatic nitrogens is 1. The number of para-hydroxylation sites is 1. The highest BCUT2D eigenvalue weighted by Crippen LogP contribution is 2.35. The molecule has 0 aliphatic rings. The first-order valence-corrected chi connectivity index (χ1v) is 7.14. The normalized spacial score (nSPS) is 11.1. The van der Waals surface area contributed by atoms with Crippen molar-refractivity contribution in [3.8, 4) is 0 Å². The summed E-state index contributed by atoms with van der Waals surface area (Å²) in [5.41, 5.74) is 8.69. The van der Waals surface area contributed by atoms with Gasteiger partial charge in [-0.15, -0.1) is 0 Å². The zero-order valence-corrected chi connectivity index (χ0v) is 12.0. The lowest BCUT2D eigenvalue weighted by molar-refractivity contribution is 1.22. The summed E-state index contributed by atoms with van der Waals surface area (Å²) in [6.45, 7) is 2.04. The summed E-state index contributed by atoms with van der Waals surface area (Å²) < 4.78 is 0. The predicted molar refractivity (Wildman–Crippen MR) is 83.0 cm³/mol. The molecule has 3 N–H and O–H groups in total. The molecule has 0 amide bonds. The lowest BCUT2D eigenvalue weighted by atomic mass is 10.2. The summed E-state index contributed by atoms with van der Waals surface area (Å²) in [6.07, 6.45) is 0. The van der Waals surface area contributed by atoms with Crippen molar-refractivity contribution < 1.29 is 0 Å². The van der Waals surface area contributed by atoms with Crippen LogP contribution in [0.3, 0.4) is 0 Å². The Morgan fingerprint density at radius 1 is 1.16 bits per heavy atom. The minimum Gasteiger partial charge on any atom is -0.398 e. The van der Waals surface area contributed by atoms with E-state index in [2.05, 4.69) is 23.2 Å². The van der Waals surface area contributed by atoms with Crippen LogP contribution >= 0.6 is 23.4 Å². The van der Waals surface area contributed by atoms with Crippen molar-refractivity contribution in [1.29, 1.82) is 0 Å². The third kappa shape index (κ3) is 2.44. The maximum atomic E-state index is 6.08. The lowest BCUT2D eigenvalue weighted by Gasteiger charge is -2.06. The molecule has 96 valence electrons. The van der Waals surface area contributed by atoms with Gasteiger partial charge in [-0.05, 0) is 36.8 Å². The van der Waals surface area contributed by atoms with Crippen molar-refractivity contribution in [2.24, 2.45) is 0 Å². The maximum Gasteiger partial charge on any atom is 0.0780 e. The Labute approximate surface area is 121 Å². The van der Waals surface area contributed by atoms with Gasteiger partial charge in [0.25, 0.3) is 0 Å². The number of nitrogens with two attached hydrogens (primary N) is 1. The first kappa shape index (κ1) is 12.5. The van der Waals surface area contributed by atoms with E-state index in [0.29, 0.717) is 10.7 Å². The zero-order valence-electron chi connectivity index (χ0n) is 10.4. The second-order valence-corrected chi connectivity index (χ2v) is 5.95. The van der Waals surface area contributed by atoms with Gasteiger partial charge >= 0.3 is 0 Å². The van der Waals surface area contributed by atoms with Crippen molar-refractivity contribution in [1.82, 2.24) is 4.98 Å². The van der Waals surface area contributed by atoms with Crippen LogP contribution in [-0.2, 0) is 0 Å². The molecule has 0 aliphatic heterocycles. The third-order valence-corrected chi connectivity index (χ3v) is 4.45. The molecule has 0 spiro atoms. The summed E-state index contributed by atoms with van der Waals surface area (Å²) in [7, 11) is 0. The van der Waals surface area contributed by atoms with Gasteiger partial charge in [0.1, 0.15) is 0 Å². The molecule has 2 nitrogen and oxygen atoms in total. The molecule has 0 radical (unpaired) electrons. The maximum absolute atomic E-state index is 6.08. The van der Waals surface area contributed by atoms with Crippen molar-refractivity contribution >= 4 is 40.0 Å². The number of halogens is 1. The van der Waals surface area contributed by atoms with E-state index in [1.165, 1.54) is 5.39 Å². The number of rotatable bonds is 2. The highest BCUT2D eigenvalue weighted by molar-refractivity contribution is 7.99. The quantitative estimate of drug-likeness (QED) is 0.661. The van der Waals surface area contributed by atoms with Gasteiger partial charge in [0.05, 0.1) is 15.7 Å². The Balaban J connectivity index is 1.98. The molecule has 3 rings (SSSR count). The van der Waals surface area contributed by atoms with Crippen LogP contribution in [0.1, 0.15) is 5.56 Å². The number of hydrogen-bond donors (Lipinski definition) is 2. The number of fused-ring (bicyclic) bond motifs is 1. The van der Waals surface area contributed by atoms with Gasteiger partial charge in [0, 0.05) is 15.8 Å². The summed E-state index contributed by atoms with van der Waals surface area (Å²) in [5.74, 6) is 0. The van der Waals surface area contributed by atoms with Crippen LogP contribution in [0.25, 0.3) is 10.9 Å². The van der Waals surface area contributed by atoms with Crippen LogP contribution in [0.5, 0.6) is 0 Å². The molecule has 0 saturated carbocycles. The number of benzene rings is 2. The fourth-order valence-electron chi connectivity index (χ4n) is 2.02. The van der Waals surface area contributed by atoms with Crippen LogP contribution in [0.2, 0.25) is 5.02 Å². The Morgan fingerprint density at radius 2 is 1.95 bits per heavy atom. The topological polar surface area (TPSA) is 41.8 Å². The van der Waals surface area contributed by atoms with E-state index >= 15 is 0 Å². The van der Waals surface area contributed by atoms with Gasteiger partial charge in [0.15, 0.2) is 0 Å². The Morgan fingerprint density at radius 3 is 2.74 bits per heavy atom. The smallest absolute Gasteiger partial charge is 0.0780 e. The number of H-pyrrole nitrogens is 1. The highest BCUT2D eigenvalue weighted by atomic mass is 35.5. The van der Waals surface area contributed by atoms with Crippen molar-refractivity contribution in [3.63, 3.8) is 0 Å². The number of nitrogen functional groups attached to an aromatic ring is 1. The molecule has 4 heteroatoms. The molecule has 2 aromatic carbocycles. The minimum absolute atomic E-state index is 0.601. The van der Waals surface area contributed by atoms with Crippen LogP contribution in [0, 0.1) is 6.92 Å². The van der Waals surface area contributed by atoms with Gasteiger partial charge in [-0.25, -0.2) is 0 Å². The molecule has 0 unspecified atom stereocenters. The van der Waals surface area contributed by atoms with Crippen LogP contribution < -0.4 is 5.73 Å². The Kier molecular flexibility index (Phi) is 3.17. The van der Waals surface area contributed by atoms with Gasteiger partial charge in [0.2, 0.25) is 0 Å². The number of anilines is 1. The largest absolute Gasteiger partial charge is 0.398 e. The fraction of sp³-hybridized carbons (Fsp3) is 0.0667. The molecule has 0 aliphatic carbocycles. The number of hydrogen-bond acceptors (Lipinski definition) is 2. The second kappa shape index (κ2) is 4.83. The van der Waals surface area contributed by atoms with E-state index < -0.39 is 0 Å². The van der Waals surface area contributed by atoms with Crippen LogP contribution in [0.4, 0.5) is 5.69 Å². The number of aromatic amines is 1. The standard InChI is InChI=1S/C15H13ClN2S/c1-9-6-12(17)11(16)8-14(9)19-15-7-10-4-2-3-5-13(10)18-15/h2-8,18H,17H2,1H3. The molecule has 19 heavy (non-hydrogen) atoms. The monoisotopic (exact) mass is 288 g/mol. The van der Waals surface area contributed by atoms with Gasteiger partial charge in [-0.3, -0.25) is 0 Å². The van der Waals surface area contributed by atoms with Gasteiger partial charge in [-0.2, -0.15) is 0 Å². The predicted octanol–water partition coefficient (Wildman–Crippen LogP) is 4.86. The van der Waals surface area contributed by atoms with Gasteiger partial charge < -0.3 is 10.7 Å². The van der Waals surface area contributed by atoms with E-state index in [0.717, 1.165) is 21.0 Å². The van der Waals surface area contributed by atoms with E-state index in [9.17, 15) is 0 Å². The van der Waals surface area contributed by atoms with E-state index in [-0.39, 0.29) is 0 Å². The summed E-state index contributed by atoms with van der Waals surface area (Å²) in [5, 5.41) is 2.92. The number of nitrogens with one attached hydrogen (secondary N) is 1. The first-order valence-electron chi connectivity index (χ1n) is 5.95. The van der Waals surface area contributed by atoms with Crippen molar-refractivity contribution in [2.75, 3.05) is 5.73 Å². The zero-order chi connectivity index (χ0) is 13.4. The first-order chi connectivity index (χ1) is 9.13. The number of aryl methyl sites for hydroxylation is 1. The molecular weight excluding hydrogens is 276 g/mol. The molecular formula is C15H13ClN2S. The van der Waals surface area contributed by atoms with E-state index in [1.54, 1.807) is 11.8 Å². The molecule has 3 aromatic rings. The molecule has 0 atom stereocenters. The summed E-state index contributed by atoms with van der Waals surface area (Å²) >= 11 is 7.75. The Bertz CT molecular complexity index is 716. The van der Waals surface area contributed by atoms with E-state index in [4.69, 9.17) is 17.3 Å². The SMILES string of the molecule is Cc1cc(N)c(Cl)cc1Sc1cc2ccccc2[nH]1. The molecule has 1 aromatic heterocycles. The average molecular weight is 289 g/mol. The fourth-order valence-corrected chi connectivity index (χ4v) is 3.22. The van der Waals surface area contributed by atoms with Crippen LogP contribution in [0.15, 0.2) is 52.4 Å². The van der Waals surface area contributed by atoms with Crippen molar-refractivity contribution in [2.45, 2.75) is 16.8 Å². The highest BCUT2D eigenvalue weighted by Gasteiger charge is 2.07. The molecule has 1 heterocycles. The second-order valence-electron chi connectivity index (χ2n) is 4.46. The molecule has 0 fully saturated rings. The van der Waals surface area contributed by atoms with Crippen LogP contribution in [-0.4, -0.2) is 4.98 Å². The summed E-state index contributed by atoms with van der Waals surface area (Å²) in [4.78, 5) is 4.51.